The molecule has 2 rings (SSSR count). The number of rotatable bonds is 8. The van der Waals surface area contributed by atoms with E-state index in [9.17, 15) is 0 Å². The molecule has 20 heavy (non-hydrogen) atoms. The molecule has 1 aliphatic rings. The molecule has 0 spiro atoms. The summed E-state index contributed by atoms with van der Waals surface area (Å²) in [5, 5.41) is 4.48. The molecule has 0 saturated heterocycles. The number of halogens is 1. The molecule has 0 bridgehead atoms. The minimum atomic E-state index is 0.355. The molecule has 3 heteroatoms. The average Bonchev–Trinajstić information content (AvgIpc) is 2.35. The minimum Gasteiger partial charge on any atom is -0.379 e. The summed E-state index contributed by atoms with van der Waals surface area (Å²) in [5.41, 5.74) is 1.39. The monoisotopic (exact) mass is 295 g/mol. The molecular weight excluding hydrogens is 270 g/mol. The predicted molar refractivity (Wildman–Crippen MR) is 85.5 cm³/mol. The Labute approximate surface area is 127 Å². The smallest absolute Gasteiger partial charge is 0.0518 e. The van der Waals surface area contributed by atoms with Gasteiger partial charge in [-0.2, -0.15) is 0 Å². The average molecular weight is 296 g/mol. The Morgan fingerprint density at radius 2 is 2.10 bits per heavy atom. The van der Waals surface area contributed by atoms with Gasteiger partial charge in [-0.1, -0.05) is 23.7 Å². The molecule has 0 atom stereocenters. The van der Waals surface area contributed by atoms with Crippen LogP contribution in [0.3, 0.4) is 0 Å². The van der Waals surface area contributed by atoms with Crippen molar-refractivity contribution < 1.29 is 4.74 Å². The molecular formula is C17H26ClNO. The lowest BCUT2D eigenvalue weighted by Gasteiger charge is -2.36. The van der Waals surface area contributed by atoms with E-state index in [2.05, 4.69) is 31.3 Å². The fourth-order valence-electron chi connectivity index (χ4n) is 2.67. The van der Waals surface area contributed by atoms with Gasteiger partial charge in [-0.25, -0.2) is 0 Å². The standard InChI is InChI=1S/C17H26ClNO/c1-13(2)20-9-4-3-8-19-17-11-15(12-17)14-6-5-7-16(18)10-14/h5-7,10,13,15,17,19H,3-4,8-9,11-12H2,1-2H3. The van der Waals surface area contributed by atoms with Crippen LogP contribution >= 0.6 is 11.6 Å². The van der Waals surface area contributed by atoms with Gasteiger partial charge < -0.3 is 10.1 Å². The number of nitrogens with one attached hydrogen (secondary N) is 1. The second-order valence-corrected chi connectivity index (χ2v) is 6.44. The van der Waals surface area contributed by atoms with Crippen molar-refractivity contribution in [2.75, 3.05) is 13.2 Å². The first kappa shape index (κ1) is 15.8. The largest absolute Gasteiger partial charge is 0.379 e. The Morgan fingerprint density at radius 1 is 1.30 bits per heavy atom. The first-order valence-corrected chi connectivity index (χ1v) is 8.13. The second-order valence-electron chi connectivity index (χ2n) is 6.00. The molecule has 112 valence electrons. The highest BCUT2D eigenvalue weighted by molar-refractivity contribution is 6.30. The van der Waals surface area contributed by atoms with Crippen LogP contribution in [-0.4, -0.2) is 25.3 Å². The third-order valence-corrected chi connectivity index (χ3v) is 4.15. The normalized spacial score (nSPS) is 22.0. The highest BCUT2D eigenvalue weighted by Crippen LogP contribution is 2.37. The third kappa shape index (κ3) is 5.08. The summed E-state index contributed by atoms with van der Waals surface area (Å²) in [7, 11) is 0. The van der Waals surface area contributed by atoms with Crippen molar-refractivity contribution in [1.29, 1.82) is 0 Å². The summed E-state index contributed by atoms with van der Waals surface area (Å²) in [5.74, 6) is 0.690. The number of hydrogen-bond acceptors (Lipinski definition) is 2. The van der Waals surface area contributed by atoms with Crippen LogP contribution in [0.1, 0.15) is 51.0 Å². The van der Waals surface area contributed by atoms with E-state index in [0.29, 0.717) is 18.1 Å². The fraction of sp³-hybridized carbons (Fsp3) is 0.647. The molecule has 1 N–H and O–H groups in total. The Kier molecular flexibility index (Phi) is 6.34. The zero-order chi connectivity index (χ0) is 14.4. The van der Waals surface area contributed by atoms with Gasteiger partial charge in [0, 0.05) is 17.7 Å². The van der Waals surface area contributed by atoms with Crippen LogP contribution in [0.2, 0.25) is 5.02 Å². The van der Waals surface area contributed by atoms with Crippen molar-refractivity contribution in [3.8, 4) is 0 Å². The van der Waals surface area contributed by atoms with Crippen molar-refractivity contribution in [3.05, 3.63) is 34.9 Å². The maximum atomic E-state index is 6.03. The summed E-state index contributed by atoms with van der Waals surface area (Å²) in [6.45, 7) is 6.16. The van der Waals surface area contributed by atoms with E-state index >= 15 is 0 Å². The molecule has 1 fully saturated rings. The molecule has 0 radical (unpaired) electrons. The van der Waals surface area contributed by atoms with Gasteiger partial charge in [0.2, 0.25) is 0 Å². The van der Waals surface area contributed by atoms with Gasteiger partial charge in [0.25, 0.3) is 0 Å². The van der Waals surface area contributed by atoms with Crippen molar-refractivity contribution in [2.45, 2.75) is 57.6 Å². The molecule has 0 aliphatic heterocycles. The summed E-state index contributed by atoms with van der Waals surface area (Å²) in [6, 6.07) is 8.97. The predicted octanol–water partition coefficient (Wildman–Crippen LogP) is 4.38. The molecule has 0 amide bonds. The van der Waals surface area contributed by atoms with Crippen molar-refractivity contribution in [3.63, 3.8) is 0 Å². The Bertz CT molecular complexity index is 402. The van der Waals surface area contributed by atoms with Crippen LogP contribution in [0.25, 0.3) is 0 Å². The van der Waals surface area contributed by atoms with E-state index < -0.39 is 0 Å². The van der Waals surface area contributed by atoms with Gasteiger partial charge >= 0.3 is 0 Å². The van der Waals surface area contributed by atoms with Gasteiger partial charge in [-0.05, 0) is 69.7 Å². The molecule has 1 aliphatic carbocycles. The topological polar surface area (TPSA) is 21.3 Å². The molecule has 1 saturated carbocycles. The van der Waals surface area contributed by atoms with Crippen LogP contribution in [0, 0.1) is 0 Å². The maximum absolute atomic E-state index is 6.03. The summed E-state index contributed by atoms with van der Waals surface area (Å²) in [4.78, 5) is 0. The van der Waals surface area contributed by atoms with Crippen LogP contribution in [0.4, 0.5) is 0 Å². The van der Waals surface area contributed by atoms with Crippen LogP contribution in [-0.2, 0) is 4.74 Å². The SMILES string of the molecule is CC(C)OCCCCNC1CC(c2cccc(Cl)c2)C1. The maximum Gasteiger partial charge on any atom is 0.0518 e. The molecule has 1 aromatic carbocycles. The number of benzene rings is 1. The van der Waals surface area contributed by atoms with Crippen molar-refractivity contribution >= 4 is 11.6 Å². The van der Waals surface area contributed by atoms with E-state index in [1.807, 2.05) is 12.1 Å². The molecule has 0 heterocycles. The van der Waals surface area contributed by atoms with Crippen molar-refractivity contribution in [1.82, 2.24) is 5.32 Å². The van der Waals surface area contributed by atoms with Crippen molar-refractivity contribution in [2.24, 2.45) is 0 Å². The van der Waals surface area contributed by atoms with Crippen LogP contribution < -0.4 is 5.32 Å². The summed E-state index contributed by atoms with van der Waals surface area (Å²) < 4.78 is 5.54. The van der Waals surface area contributed by atoms with Gasteiger partial charge in [0.15, 0.2) is 0 Å². The Morgan fingerprint density at radius 3 is 2.80 bits per heavy atom. The first-order valence-electron chi connectivity index (χ1n) is 7.75. The third-order valence-electron chi connectivity index (χ3n) is 3.91. The van der Waals surface area contributed by atoms with Gasteiger partial charge in [-0.3, -0.25) is 0 Å². The van der Waals surface area contributed by atoms with Gasteiger partial charge in [-0.15, -0.1) is 0 Å². The van der Waals surface area contributed by atoms with E-state index in [1.54, 1.807) is 0 Å². The first-order chi connectivity index (χ1) is 9.65. The zero-order valence-corrected chi connectivity index (χ0v) is 13.3. The number of unbranched alkanes of at least 4 members (excludes halogenated alkanes) is 1. The number of ether oxygens (including phenoxy) is 1. The van der Waals surface area contributed by atoms with E-state index in [0.717, 1.165) is 24.6 Å². The summed E-state index contributed by atoms with van der Waals surface area (Å²) in [6.07, 6.45) is 5.18. The van der Waals surface area contributed by atoms with E-state index in [1.165, 1.54) is 24.8 Å². The Hall–Kier alpha value is -0.570. The highest BCUT2D eigenvalue weighted by atomic mass is 35.5. The second kappa shape index (κ2) is 8.02. The van der Waals surface area contributed by atoms with Crippen LogP contribution in [0.5, 0.6) is 0 Å². The summed E-state index contributed by atoms with van der Waals surface area (Å²) >= 11 is 6.03. The molecule has 0 aromatic heterocycles. The quantitative estimate of drug-likeness (QED) is 0.719. The molecule has 2 nitrogen and oxygen atoms in total. The van der Waals surface area contributed by atoms with Crippen LogP contribution in [0.15, 0.2) is 24.3 Å². The fourth-order valence-corrected chi connectivity index (χ4v) is 2.87. The minimum absolute atomic E-state index is 0.355. The van der Waals surface area contributed by atoms with E-state index in [4.69, 9.17) is 16.3 Å². The van der Waals surface area contributed by atoms with Gasteiger partial charge in [0.05, 0.1) is 6.10 Å². The lowest BCUT2D eigenvalue weighted by Crippen LogP contribution is -2.40. The lowest BCUT2D eigenvalue weighted by atomic mass is 9.76. The Balaban J connectivity index is 1.54. The molecule has 1 aromatic rings. The lowest BCUT2D eigenvalue weighted by molar-refractivity contribution is 0.0757. The molecule has 0 unspecified atom stereocenters. The van der Waals surface area contributed by atoms with Gasteiger partial charge in [0.1, 0.15) is 0 Å². The highest BCUT2D eigenvalue weighted by Gasteiger charge is 2.29. The zero-order valence-electron chi connectivity index (χ0n) is 12.6. The number of hydrogen-bond donors (Lipinski definition) is 1. The van der Waals surface area contributed by atoms with E-state index in [-0.39, 0.29) is 0 Å².